The Morgan fingerprint density at radius 2 is 2.26 bits per heavy atom. The third-order valence-electron chi connectivity index (χ3n) is 2.78. The van der Waals surface area contributed by atoms with Crippen molar-refractivity contribution in [1.29, 1.82) is 0 Å². The van der Waals surface area contributed by atoms with Crippen LogP contribution in [0.1, 0.15) is 31.6 Å². The van der Waals surface area contributed by atoms with Gasteiger partial charge in [0.2, 0.25) is 17.6 Å². The normalized spacial score (nSPS) is 12.4. The first-order valence-corrected chi connectivity index (χ1v) is 6.14. The van der Waals surface area contributed by atoms with E-state index in [0.29, 0.717) is 29.8 Å². The molecule has 0 amide bonds. The highest BCUT2D eigenvalue weighted by atomic mass is 16.5. The Morgan fingerprint density at radius 3 is 3.00 bits per heavy atom. The van der Waals surface area contributed by atoms with E-state index < -0.39 is 0 Å². The topological polar surface area (TPSA) is 100.0 Å². The smallest absolute Gasteiger partial charge is 0.229 e. The van der Waals surface area contributed by atoms with Crippen LogP contribution in [-0.2, 0) is 0 Å². The summed E-state index contributed by atoms with van der Waals surface area (Å²) in [7, 11) is 1.54. The molecule has 0 saturated heterocycles. The van der Waals surface area contributed by atoms with E-state index in [1.54, 1.807) is 13.2 Å². The molecule has 0 saturated carbocycles. The van der Waals surface area contributed by atoms with Crippen LogP contribution in [0.25, 0.3) is 11.5 Å². The lowest BCUT2D eigenvalue weighted by Gasteiger charge is -2.03. The SMILES string of the molecule is COc1cc(-c2noc(C(C)CCCN)n2)ncn1. The van der Waals surface area contributed by atoms with Crippen molar-refractivity contribution in [3.05, 3.63) is 18.3 Å². The van der Waals surface area contributed by atoms with Gasteiger partial charge in [-0.05, 0) is 19.4 Å². The molecule has 102 valence electrons. The van der Waals surface area contributed by atoms with Crippen molar-refractivity contribution in [2.75, 3.05) is 13.7 Å². The maximum atomic E-state index is 5.49. The quantitative estimate of drug-likeness (QED) is 0.840. The first kappa shape index (κ1) is 13.4. The number of nitrogens with zero attached hydrogens (tertiary/aromatic N) is 4. The van der Waals surface area contributed by atoms with Crippen LogP contribution in [0.3, 0.4) is 0 Å². The van der Waals surface area contributed by atoms with Gasteiger partial charge in [0.15, 0.2) is 0 Å². The average molecular weight is 263 g/mol. The zero-order valence-electron chi connectivity index (χ0n) is 11.0. The second kappa shape index (κ2) is 6.24. The lowest BCUT2D eigenvalue weighted by atomic mass is 10.1. The summed E-state index contributed by atoms with van der Waals surface area (Å²) in [6.07, 6.45) is 3.26. The summed E-state index contributed by atoms with van der Waals surface area (Å²) in [6.45, 7) is 2.70. The lowest BCUT2D eigenvalue weighted by Crippen LogP contribution is -2.02. The number of ether oxygens (including phenoxy) is 1. The summed E-state index contributed by atoms with van der Waals surface area (Å²) in [5, 5.41) is 3.93. The van der Waals surface area contributed by atoms with Gasteiger partial charge in [0, 0.05) is 12.0 Å². The predicted octanol–water partition coefficient (Wildman–Crippen LogP) is 1.38. The molecule has 2 aromatic rings. The van der Waals surface area contributed by atoms with Gasteiger partial charge in [-0.2, -0.15) is 4.98 Å². The van der Waals surface area contributed by atoms with Crippen molar-refractivity contribution in [2.45, 2.75) is 25.7 Å². The van der Waals surface area contributed by atoms with Gasteiger partial charge in [-0.3, -0.25) is 0 Å². The van der Waals surface area contributed by atoms with E-state index in [4.69, 9.17) is 15.0 Å². The molecule has 1 atom stereocenters. The van der Waals surface area contributed by atoms with Crippen molar-refractivity contribution < 1.29 is 9.26 Å². The standard InChI is InChI=1S/C12H17N5O2/c1-8(4-3-5-13)12-16-11(17-19-12)9-6-10(18-2)15-7-14-9/h6-8H,3-5,13H2,1-2H3. The summed E-state index contributed by atoms with van der Waals surface area (Å²) >= 11 is 0. The summed E-state index contributed by atoms with van der Waals surface area (Å²) in [6, 6.07) is 1.67. The van der Waals surface area contributed by atoms with Crippen molar-refractivity contribution in [2.24, 2.45) is 5.73 Å². The fourth-order valence-electron chi connectivity index (χ4n) is 1.66. The zero-order valence-corrected chi connectivity index (χ0v) is 11.0. The van der Waals surface area contributed by atoms with Crippen LogP contribution in [-0.4, -0.2) is 33.8 Å². The molecular weight excluding hydrogens is 246 g/mol. The van der Waals surface area contributed by atoms with Gasteiger partial charge in [0.25, 0.3) is 0 Å². The van der Waals surface area contributed by atoms with Crippen molar-refractivity contribution in [3.8, 4) is 17.4 Å². The minimum atomic E-state index is 0.188. The average Bonchev–Trinajstić information content (AvgIpc) is 2.94. The van der Waals surface area contributed by atoms with Gasteiger partial charge < -0.3 is 15.0 Å². The maximum Gasteiger partial charge on any atom is 0.229 e. The van der Waals surface area contributed by atoms with Crippen LogP contribution in [0.4, 0.5) is 0 Å². The van der Waals surface area contributed by atoms with Crippen LogP contribution in [0, 0.1) is 0 Å². The Kier molecular flexibility index (Phi) is 4.40. The molecule has 2 N–H and O–H groups in total. The second-order valence-electron chi connectivity index (χ2n) is 4.23. The Morgan fingerprint density at radius 1 is 1.42 bits per heavy atom. The zero-order chi connectivity index (χ0) is 13.7. The number of hydrogen-bond donors (Lipinski definition) is 1. The molecule has 2 heterocycles. The third-order valence-corrected chi connectivity index (χ3v) is 2.78. The van der Waals surface area contributed by atoms with Crippen LogP contribution in [0.5, 0.6) is 5.88 Å². The van der Waals surface area contributed by atoms with Gasteiger partial charge in [-0.25, -0.2) is 9.97 Å². The maximum absolute atomic E-state index is 5.49. The number of rotatable bonds is 6. The molecule has 2 aromatic heterocycles. The van der Waals surface area contributed by atoms with Crippen molar-refractivity contribution in [3.63, 3.8) is 0 Å². The van der Waals surface area contributed by atoms with Gasteiger partial charge in [0.1, 0.15) is 12.0 Å². The van der Waals surface area contributed by atoms with E-state index in [-0.39, 0.29) is 5.92 Å². The van der Waals surface area contributed by atoms with E-state index in [0.717, 1.165) is 12.8 Å². The van der Waals surface area contributed by atoms with Crippen LogP contribution in [0.15, 0.2) is 16.9 Å². The van der Waals surface area contributed by atoms with E-state index in [1.165, 1.54) is 6.33 Å². The molecule has 0 spiro atoms. The fourth-order valence-corrected chi connectivity index (χ4v) is 1.66. The monoisotopic (exact) mass is 263 g/mol. The third kappa shape index (κ3) is 3.25. The number of nitrogens with two attached hydrogens (primary N) is 1. The molecule has 0 fully saturated rings. The summed E-state index contributed by atoms with van der Waals surface area (Å²) in [4.78, 5) is 12.4. The molecule has 0 aliphatic heterocycles. The predicted molar refractivity (Wildman–Crippen MR) is 68.6 cm³/mol. The van der Waals surface area contributed by atoms with Gasteiger partial charge >= 0.3 is 0 Å². The summed E-state index contributed by atoms with van der Waals surface area (Å²) in [5.74, 6) is 1.69. The highest BCUT2D eigenvalue weighted by Gasteiger charge is 2.16. The first-order chi connectivity index (χ1) is 9.24. The van der Waals surface area contributed by atoms with E-state index >= 15 is 0 Å². The highest BCUT2D eigenvalue weighted by molar-refractivity contribution is 5.49. The Balaban J connectivity index is 2.15. The Bertz CT molecular complexity index is 528. The van der Waals surface area contributed by atoms with Crippen LogP contribution < -0.4 is 10.5 Å². The molecule has 0 radical (unpaired) electrons. The molecule has 7 nitrogen and oxygen atoms in total. The minimum Gasteiger partial charge on any atom is -0.481 e. The second-order valence-corrected chi connectivity index (χ2v) is 4.23. The van der Waals surface area contributed by atoms with E-state index in [9.17, 15) is 0 Å². The van der Waals surface area contributed by atoms with E-state index in [1.807, 2.05) is 6.92 Å². The molecule has 1 unspecified atom stereocenters. The summed E-state index contributed by atoms with van der Waals surface area (Å²) in [5.41, 5.74) is 6.06. The molecule has 7 heteroatoms. The van der Waals surface area contributed by atoms with Gasteiger partial charge in [-0.1, -0.05) is 12.1 Å². The fraction of sp³-hybridized carbons (Fsp3) is 0.500. The molecule has 0 bridgehead atoms. The minimum absolute atomic E-state index is 0.188. The first-order valence-electron chi connectivity index (χ1n) is 6.14. The lowest BCUT2D eigenvalue weighted by molar-refractivity contribution is 0.352. The van der Waals surface area contributed by atoms with Crippen molar-refractivity contribution in [1.82, 2.24) is 20.1 Å². The molecule has 0 aromatic carbocycles. The van der Waals surface area contributed by atoms with Crippen molar-refractivity contribution >= 4 is 0 Å². The molecule has 19 heavy (non-hydrogen) atoms. The molecule has 2 rings (SSSR count). The highest BCUT2D eigenvalue weighted by Crippen LogP contribution is 2.22. The number of hydrogen-bond acceptors (Lipinski definition) is 7. The summed E-state index contributed by atoms with van der Waals surface area (Å²) < 4.78 is 10.3. The van der Waals surface area contributed by atoms with Gasteiger partial charge in [-0.15, -0.1) is 0 Å². The van der Waals surface area contributed by atoms with Crippen LogP contribution in [0.2, 0.25) is 0 Å². The number of aromatic nitrogens is 4. The molecule has 0 aliphatic carbocycles. The van der Waals surface area contributed by atoms with E-state index in [2.05, 4.69) is 20.1 Å². The molecule has 0 aliphatic rings. The molecular formula is C12H17N5O2. The Labute approximate surface area is 111 Å². The number of methoxy groups -OCH3 is 1. The largest absolute Gasteiger partial charge is 0.481 e. The van der Waals surface area contributed by atoms with Gasteiger partial charge in [0.05, 0.1) is 7.11 Å². The Hall–Kier alpha value is -2.02. The van der Waals surface area contributed by atoms with Crippen LogP contribution >= 0.6 is 0 Å².